The summed E-state index contributed by atoms with van der Waals surface area (Å²) < 4.78 is 11.5. The highest BCUT2D eigenvalue weighted by atomic mass is 35.5. The fourth-order valence-electron chi connectivity index (χ4n) is 3.55. The quantitative estimate of drug-likeness (QED) is 0.154. The average molecular weight is 603 g/mol. The van der Waals surface area contributed by atoms with Crippen LogP contribution in [0.2, 0.25) is 20.1 Å². The minimum Gasteiger partial charge on any atom is -0.457 e. The third-order valence-corrected chi connectivity index (χ3v) is 6.35. The summed E-state index contributed by atoms with van der Waals surface area (Å²) in [7, 11) is 0. The first-order chi connectivity index (χ1) is 18.2. The largest absolute Gasteiger partial charge is 0.457 e. The van der Waals surface area contributed by atoms with Gasteiger partial charge in [-0.3, -0.25) is 10.1 Å². The minimum absolute atomic E-state index is 0.129. The van der Waals surface area contributed by atoms with Crippen molar-refractivity contribution in [2.24, 2.45) is 0 Å². The second-order valence-corrected chi connectivity index (χ2v) is 10.1. The van der Waals surface area contributed by atoms with Crippen LogP contribution in [-0.4, -0.2) is 16.0 Å². The molecule has 0 aliphatic rings. The van der Waals surface area contributed by atoms with E-state index in [1.165, 1.54) is 12.2 Å². The van der Waals surface area contributed by atoms with Crippen LogP contribution >= 0.6 is 58.6 Å². The van der Waals surface area contributed by atoms with E-state index < -0.39 is 5.91 Å². The number of halogens is 4. The summed E-state index contributed by atoms with van der Waals surface area (Å²) in [6, 6.07) is 19.0. The van der Waals surface area contributed by atoms with Gasteiger partial charge >= 0.3 is 0 Å². The van der Waals surface area contributed by atoms with Gasteiger partial charge in [0.2, 0.25) is 11.8 Å². The van der Waals surface area contributed by atoms with Crippen molar-refractivity contribution in [2.45, 2.75) is 0 Å². The molecule has 0 saturated carbocycles. The van der Waals surface area contributed by atoms with E-state index >= 15 is 0 Å². The van der Waals surface area contributed by atoms with Crippen molar-refractivity contribution in [2.75, 3.05) is 5.32 Å². The Morgan fingerprint density at radius 1 is 0.842 bits per heavy atom. The Kier molecular flexibility index (Phi) is 7.74. The molecule has 0 fully saturated rings. The summed E-state index contributed by atoms with van der Waals surface area (Å²) in [6.45, 7) is 0. The zero-order valence-electron chi connectivity index (χ0n) is 19.1. The van der Waals surface area contributed by atoms with Gasteiger partial charge in [0.1, 0.15) is 17.0 Å². The molecule has 1 amide bonds. The summed E-state index contributed by atoms with van der Waals surface area (Å²) in [4.78, 5) is 16.8. The van der Waals surface area contributed by atoms with Crippen LogP contribution in [0.4, 0.5) is 5.69 Å². The second-order valence-electron chi connectivity index (χ2n) is 7.97. The van der Waals surface area contributed by atoms with Gasteiger partial charge in [0.25, 0.3) is 0 Å². The van der Waals surface area contributed by atoms with Gasteiger partial charge in [-0.15, -0.1) is 0 Å². The number of hydrogen-bond donors (Lipinski definition) is 2. The Bertz CT molecular complexity index is 1690. The SMILES string of the molecule is O=C(/C=C/c1ccc(-c2cc(Cl)cc(Cl)c2)o1)NC(=S)Nc1ccc(-c2nc3cc(Cl)cc(Cl)c3o2)cc1. The predicted molar refractivity (Wildman–Crippen MR) is 157 cm³/mol. The lowest BCUT2D eigenvalue weighted by atomic mass is 10.2. The molecule has 0 spiro atoms. The molecule has 38 heavy (non-hydrogen) atoms. The normalized spacial score (nSPS) is 11.3. The van der Waals surface area contributed by atoms with Gasteiger partial charge in [-0.05, 0) is 85.0 Å². The van der Waals surface area contributed by atoms with E-state index in [1.807, 2.05) is 0 Å². The lowest BCUT2D eigenvalue weighted by Crippen LogP contribution is -2.32. The van der Waals surface area contributed by atoms with E-state index in [2.05, 4.69) is 15.6 Å². The fraction of sp³-hybridized carbons (Fsp3) is 0. The Hall–Kier alpha value is -3.33. The van der Waals surface area contributed by atoms with Crippen molar-refractivity contribution in [1.82, 2.24) is 10.3 Å². The first-order valence-electron chi connectivity index (χ1n) is 11.0. The molecule has 0 atom stereocenters. The lowest BCUT2D eigenvalue weighted by Gasteiger charge is -2.08. The molecule has 6 nitrogen and oxygen atoms in total. The number of furan rings is 1. The maximum absolute atomic E-state index is 12.3. The smallest absolute Gasteiger partial charge is 0.250 e. The van der Waals surface area contributed by atoms with E-state index in [0.29, 0.717) is 54.3 Å². The molecule has 5 rings (SSSR count). The van der Waals surface area contributed by atoms with Crippen LogP contribution in [0.15, 0.2) is 81.6 Å². The third kappa shape index (κ3) is 6.20. The van der Waals surface area contributed by atoms with Gasteiger partial charge in [0.15, 0.2) is 10.7 Å². The van der Waals surface area contributed by atoms with E-state index in [0.717, 1.165) is 11.1 Å². The molecule has 0 aliphatic heterocycles. The molecular formula is C27H15Cl4N3O3S. The Morgan fingerprint density at radius 3 is 2.29 bits per heavy atom. The average Bonchev–Trinajstić information content (AvgIpc) is 3.50. The number of oxazole rings is 1. The molecule has 190 valence electrons. The molecule has 2 aromatic heterocycles. The number of fused-ring (bicyclic) bond motifs is 1. The molecule has 5 aromatic rings. The highest BCUT2D eigenvalue weighted by Crippen LogP contribution is 2.32. The van der Waals surface area contributed by atoms with E-state index in [9.17, 15) is 4.79 Å². The van der Waals surface area contributed by atoms with Crippen LogP contribution in [0.5, 0.6) is 0 Å². The zero-order chi connectivity index (χ0) is 26.8. The number of hydrogen-bond acceptors (Lipinski definition) is 5. The Balaban J connectivity index is 1.18. The molecule has 2 N–H and O–H groups in total. The number of thiocarbonyl (C=S) groups is 1. The highest BCUT2D eigenvalue weighted by Gasteiger charge is 2.13. The highest BCUT2D eigenvalue weighted by molar-refractivity contribution is 7.80. The van der Waals surface area contributed by atoms with Gasteiger partial charge in [0.05, 0.1) is 5.02 Å². The van der Waals surface area contributed by atoms with Gasteiger partial charge < -0.3 is 14.2 Å². The second kappa shape index (κ2) is 11.2. The van der Waals surface area contributed by atoms with Crippen LogP contribution in [0.3, 0.4) is 0 Å². The summed E-state index contributed by atoms with van der Waals surface area (Å²) >= 11 is 29.6. The number of carbonyl (C=O) groups excluding carboxylic acids is 1. The van der Waals surface area contributed by atoms with Crippen molar-refractivity contribution in [3.63, 3.8) is 0 Å². The summed E-state index contributed by atoms with van der Waals surface area (Å²) in [5.41, 5.74) is 3.15. The first kappa shape index (κ1) is 26.3. The number of carbonyl (C=O) groups is 1. The van der Waals surface area contributed by atoms with Gasteiger partial charge in [0, 0.05) is 38.0 Å². The molecule has 0 aliphatic carbocycles. The van der Waals surface area contributed by atoms with E-state index in [-0.39, 0.29) is 5.11 Å². The predicted octanol–water partition coefficient (Wildman–Crippen LogP) is 8.89. The minimum atomic E-state index is -0.426. The fourth-order valence-corrected chi connectivity index (χ4v) is 4.81. The lowest BCUT2D eigenvalue weighted by molar-refractivity contribution is -0.115. The molecule has 0 saturated heterocycles. The van der Waals surface area contributed by atoms with Crippen molar-refractivity contribution in [3.8, 4) is 22.8 Å². The van der Waals surface area contributed by atoms with Crippen LogP contribution in [0.1, 0.15) is 5.76 Å². The van der Waals surface area contributed by atoms with E-state index in [4.69, 9.17) is 67.5 Å². The number of rotatable bonds is 5. The van der Waals surface area contributed by atoms with Crippen molar-refractivity contribution in [3.05, 3.63) is 98.7 Å². The van der Waals surface area contributed by atoms with Crippen LogP contribution in [-0.2, 0) is 4.79 Å². The zero-order valence-corrected chi connectivity index (χ0v) is 22.9. The van der Waals surface area contributed by atoms with Gasteiger partial charge in [-0.2, -0.15) is 0 Å². The molecule has 0 radical (unpaired) electrons. The van der Waals surface area contributed by atoms with Crippen LogP contribution in [0.25, 0.3) is 40.0 Å². The Labute approximate surface area is 242 Å². The number of nitrogens with zero attached hydrogens (tertiary/aromatic N) is 1. The summed E-state index contributed by atoms with van der Waals surface area (Å²) in [5, 5.41) is 7.53. The number of benzene rings is 3. The third-order valence-electron chi connectivity index (χ3n) is 5.21. The monoisotopic (exact) mass is 601 g/mol. The number of amides is 1. The van der Waals surface area contributed by atoms with Crippen LogP contribution < -0.4 is 10.6 Å². The maximum Gasteiger partial charge on any atom is 0.250 e. The molecule has 0 bridgehead atoms. The number of aromatic nitrogens is 1. The number of nitrogens with one attached hydrogen (secondary N) is 2. The Morgan fingerprint density at radius 2 is 1.55 bits per heavy atom. The van der Waals surface area contributed by atoms with Gasteiger partial charge in [-0.25, -0.2) is 4.98 Å². The summed E-state index contributed by atoms with van der Waals surface area (Å²) in [6.07, 6.45) is 2.84. The molecule has 2 heterocycles. The van der Waals surface area contributed by atoms with Crippen molar-refractivity contribution >= 4 is 92.5 Å². The molecule has 0 unspecified atom stereocenters. The van der Waals surface area contributed by atoms with E-state index in [1.54, 1.807) is 66.7 Å². The molecule has 11 heteroatoms. The topological polar surface area (TPSA) is 80.3 Å². The van der Waals surface area contributed by atoms with Crippen molar-refractivity contribution < 1.29 is 13.6 Å². The standard InChI is InChI=1S/C27H15Cl4N3O3S/c28-16-9-15(10-17(29)11-16)23-7-5-20(36-23)6-8-24(35)34-27(38)32-19-3-1-14(2-4-19)26-33-22-13-18(30)12-21(31)25(22)37-26/h1-13H,(H2,32,34,35,38)/b8-6+. The molecule has 3 aromatic carbocycles. The van der Waals surface area contributed by atoms with Gasteiger partial charge in [-0.1, -0.05) is 46.4 Å². The molecular weight excluding hydrogens is 588 g/mol. The first-order valence-corrected chi connectivity index (χ1v) is 12.9. The maximum atomic E-state index is 12.3. The van der Waals surface area contributed by atoms with Crippen LogP contribution in [0, 0.1) is 0 Å². The summed E-state index contributed by atoms with van der Waals surface area (Å²) in [5.74, 6) is 1.02. The number of anilines is 1. The van der Waals surface area contributed by atoms with Crippen molar-refractivity contribution in [1.29, 1.82) is 0 Å².